The number of rotatable bonds is 5. The van der Waals surface area contributed by atoms with Gasteiger partial charge in [0.15, 0.2) is 0 Å². The first kappa shape index (κ1) is 15.0. The second-order valence-electron chi connectivity index (χ2n) is 4.42. The molecule has 2 nitrogen and oxygen atoms in total. The highest BCUT2D eigenvalue weighted by atomic mass is 79.9. The van der Waals surface area contributed by atoms with Crippen molar-refractivity contribution in [3.8, 4) is 0 Å². The standard InChI is InChI=1S/C14H16Br2N2S/c1-17-7-11-3-4-12(15)6-13(11)18(2)8-10-5-14(16)19-9-10/h3-6,9,17H,7-8H2,1-2H3. The third kappa shape index (κ3) is 4.05. The van der Waals surface area contributed by atoms with Gasteiger partial charge in [0.25, 0.3) is 0 Å². The van der Waals surface area contributed by atoms with E-state index in [0.717, 1.165) is 17.6 Å². The Balaban J connectivity index is 2.21. The predicted molar refractivity (Wildman–Crippen MR) is 91.0 cm³/mol. The Morgan fingerprint density at radius 2 is 2.05 bits per heavy atom. The van der Waals surface area contributed by atoms with Crippen molar-refractivity contribution in [3.63, 3.8) is 0 Å². The lowest BCUT2D eigenvalue weighted by Crippen LogP contribution is -2.19. The summed E-state index contributed by atoms with van der Waals surface area (Å²) in [7, 11) is 4.11. The maximum absolute atomic E-state index is 3.55. The van der Waals surface area contributed by atoms with Gasteiger partial charge < -0.3 is 10.2 Å². The van der Waals surface area contributed by atoms with Crippen LogP contribution in [0.5, 0.6) is 0 Å². The molecule has 1 aromatic heterocycles. The zero-order valence-corrected chi connectivity index (χ0v) is 14.9. The Hall–Kier alpha value is -0.360. The first-order chi connectivity index (χ1) is 9.10. The molecule has 19 heavy (non-hydrogen) atoms. The summed E-state index contributed by atoms with van der Waals surface area (Å²) in [5.41, 5.74) is 3.89. The number of benzene rings is 1. The van der Waals surface area contributed by atoms with Crippen LogP contribution >= 0.6 is 43.2 Å². The summed E-state index contributed by atoms with van der Waals surface area (Å²) < 4.78 is 2.29. The fraction of sp³-hybridized carbons (Fsp3) is 0.286. The van der Waals surface area contributed by atoms with Crippen LogP contribution in [0, 0.1) is 0 Å². The Morgan fingerprint density at radius 1 is 1.26 bits per heavy atom. The second-order valence-corrected chi connectivity index (χ2v) is 7.62. The van der Waals surface area contributed by atoms with Gasteiger partial charge in [-0.3, -0.25) is 0 Å². The molecule has 0 unspecified atom stereocenters. The summed E-state index contributed by atoms with van der Waals surface area (Å²) in [4.78, 5) is 2.28. The number of thiophene rings is 1. The van der Waals surface area contributed by atoms with Crippen molar-refractivity contribution in [2.75, 3.05) is 19.0 Å². The van der Waals surface area contributed by atoms with E-state index in [-0.39, 0.29) is 0 Å². The number of anilines is 1. The van der Waals surface area contributed by atoms with E-state index in [4.69, 9.17) is 0 Å². The van der Waals surface area contributed by atoms with Crippen molar-refractivity contribution in [2.24, 2.45) is 0 Å². The molecule has 0 bridgehead atoms. The fourth-order valence-electron chi connectivity index (χ4n) is 2.02. The maximum atomic E-state index is 3.55. The molecule has 1 heterocycles. The van der Waals surface area contributed by atoms with Gasteiger partial charge in [-0.1, -0.05) is 22.0 Å². The van der Waals surface area contributed by atoms with Crippen LogP contribution in [0.25, 0.3) is 0 Å². The molecule has 0 aliphatic heterocycles. The predicted octanol–water partition coefficient (Wildman–Crippen LogP) is 4.63. The Morgan fingerprint density at radius 3 is 2.68 bits per heavy atom. The highest BCUT2D eigenvalue weighted by molar-refractivity contribution is 9.11. The van der Waals surface area contributed by atoms with E-state index in [9.17, 15) is 0 Å². The molecule has 0 fully saturated rings. The molecular formula is C14H16Br2N2S. The third-order valence-electron chi connectivity index (χ3n) is 2.87. The highest BCUT2D eigenvalue weighted by Gasteiger charge is 2.09. The maximum Gasteiger partial charge on any atom is 0.0701 e. The monoisotopic (exact) mass is 402 g/mol. The molecule has 0 saturated heterocycles. The zero-order chi connectivity index (χ0) is 13.8. The SMILES string of the molecule is CNCc1ccc(Br)cc1N(C)Cc1csc(Br)c1. The van der Waals surface area contributed by atoms with Gasteiger partial charge in [0.1, 0.15) is 0 Å². The van der Waals surface area contributed by atoms with Gasteiger partial charge >= 0.3 is 0 Å². The summed E-state index contributed by atoms with van der Waals surface area (Å²) in [5, 5.41) is 5.41. The quantitative estimate of drug-likeness (QED) is 0.782. The van der Waals surface area contributed by atoms with Gasteiger partial charge in [-0.2, -0.15) is 0 Å². The average molecular weight is 404 g/mol. The molecule has 0 atom stereocenters. The van der Waals surface area contributed by atoms with Crippen LogP contribution in [0.3, 0.4) is 0 Å². The number of halogens is 2. The molecule has 2 aromatic rings. The molecule has 0 radical (unpaired) electrons. The molecule has 2 rings (SSSR count). The zero-order valence-electron chi connectivity index (χ0n) is 10.9. The van der Waals surface area contributed by atoms with Crippen molar-refractivity contribution < 1.29 is 0 Å². The molecular weight excluding hydrogens is 388 g/mol. The summed E-state index contributed by atoms with van der Waals surface area (Å²) in [6.07, 6.45) is 0. The van der Waals surface area contributed by atoms with E-state index in [1.165, 1.54) is 20.6 Å². The summed E-state index contributed by atoms with van der Waals surface area (Å²) in [6, 6.07) is 8.60. The summed E-state index contributed by atoms with van der Waals surface area (Å²) in [5.74, 6) is 0. The Labute approximate surface area is 135 Å². The molecule has 0 aliphatic rings. The molecule has 0 amide bonds. The fourth-order valence-corrected chi connectivity index (χ4v) is 3.57. The largest absolute Gasteiger partial charge is 0.370 e. The van der Waals surface area contributed by atoms with E-state index in [0.29, 0.717) is 0 Å². The first-order valence-corrected chi connectivity index (χ1v) is 8.44. The summed E-state index contributed by atoms with van der Waals surface area (Å²) >= 11 is 8.79. The number of nitrogens with one attached hydrogen (secondary N) is 1. The Kier molecular flexibility index (Phi) is 5.45. The molecule has 0 spiro atoms. The molecule has 0 aliphatic carbocycles. The minimum Gasteiger partial charge on any atom is -0.370 e. The highest BCUT2D eigenvalue weighted by Crippen LogP contribution is 2.27. The van der Waals surface area contributed by atoms with Gasteiger partial charge in [0.05, 0.1) is 3.79 Å². The van der Waals surface area contributed by atoms with Crippen LogP contribution in [0.2, 0.25) is 0 Å². The lowest BCUT2D eigenvalue weighted by atomic mass is 10.1. The van der Waals surface area contributed by atoms with Crippen molar-refractivity contribution in [1.82, 2.24) is 5.32 Å². The number of hydrogen-bond donors (Lipinski definition) is 1. The number of hydrogen-bond acceptors (Lipinski definition) is 3. The van der Waals surface area contributed by atoms with Crippen LogP contribution in [-0.4, -0.2) is 14.1 Å². The van der Waals surface area contributed by atoms with Crippen LogP contribution < -0.4 is 10.2 Å². The topological polar surface area (TPSA) is 15.3 Å². The smallest absolute Gasteiger partial charge is 0.0701 e. The molecule has 5 heteroatoms. The summed E-state index contributed by atoms with van der Waals surface area (Å²) in [6.45, 7) is 1.79. The second kappa shape index (κ2) is 6.88. The van der Waals surface area contributed by atoms with E-state index < -0.39 is 0 Å². The van der Waals surface area contributed by atoms with E-state index >= 15 is 0 Å². The first-order valence-electron chi connectivity index (χ1n) is 5.97. The minimum atomic E-state index is 0.875. The van der Waals surface area contributed by atoms with E-state index in [1.54, 1.807) is 11.3 Å². The van der Waals surface area contributed by atoms with Crippen LogP contribution in [0.1, 0.15) is 11.1 Å². The molecule has 102 valence electrons. The minimum absolute atomic E-state index is 0.875. The van der Waals surface area contributed by atoms with Crippen molar-refractivity contribution in [2.45, 2.75) is 13.1 Å². The lowest BCUT2D eigenvalue weighted by molar-refractivity contribution is 0.805. The normalized spacial score (nSPS) is 10.7. The average Bonchev–Trinajstić information content (AvgIpc) is 2.77. The van der Waals surface area contributed by atoms with Crippen molar-refractivity contribution in [1.29, 1.82) is 0 Å². The van der Waals surface area contributed by atoms with Crippen LogP contribution in [0.15, 0.2) is 37.9 Å². The van der Waals surface area contributed by atoms with Crippen molar-refractivity contribution in [3.05, 3.63) is 49.0 Å². The van der Waals surface area contributed by atoms with Gasteiger partial charge in [0, 0.05) is 30.3 Å². The van der Waals surface area contributed by atoms with Gasteiger partial charge in [-0.25, -0.2) is 0 Å². The van der Waals surface area contributed by atoms with Gasteiger partial charge in [-0.05, 0) is 57.7 Å². The lowest BCUT2D eigenvalue weighted by Gasteiger charge is -2.22. The van der Waals surface area contributed by atoms with Crippen LogP contribution in [-0.2, 0) is 13.1 Å². The van der Waals surface area contributed by atoms with E-state index in [1.807, 2.05) is 7.05 Å². The van der Waals surface area contributed by atoms with E-state index in [2.05, 4.69) is 78.8 Å². The van der Waals surface area contributed by atoms with Crippen LogP contribution in [0.4, 0.5) is 5.69 Å². The number of nitrogens with zero attached hydrogens (tertiary/aromatic N) is 1. The van der Waals surface area contributed by atoms with Crippen molar-refractivity contribution >= 4 is 48.9 Å². The molecule has 0 saturated carbocycles. The van der Waals surface area contributed by atoms with Gasteiger partial charge in [-0.15, -0.1) is 11.3 Å². The van der Waals surface area contributed by atoms with Gasteiger partial charge in [0.2, 0.25) is 0 Å². The molecule has 1 aromatic carbocycles. The Bertz CT molecular complexity index is 554. The third-order valence-corrected chi connectivity index (χ3v) is 4.91. The molecule has 1 N–H and O–H groups in total.